The molecule has 0 aliphatic rings. The van der Waals surface area contributed by atoms with Crippen LogP contribution in [0.25, 0.3) is 68.2 Å². The molecule has 10 heteroatoms. The first-order chi connectivity index (χ1) is 34.1. The van der Waals surface area contributed by atoms with Crippen molar-refractivity contribution in [3.63, 3.8) is 0 Å². The molecule has 0 aliphatic carbocycles. The van der Waals surface area contributed by atoms with E-state index < -0.39 is 7.40 Å². The molecular weight excluding hydrogens is 878 g/mol. The zero-order chi connectivity index (χ0) is 49.7. The molecule has 6 aromatic carbocycles. The van der Waals surface area contributed by atoms with Crippen molar-refractivity contribution in [1.82, 2.24) is 0 Å². The predicted molar refractivity (Wildman–Crippen MR) is 279 cm³/mol. The van der Waals surface area contributed by atoms with E-state index in [4.69, 9.17) is 37.8 Å². The summed E-state index contributed by atoms with van der Waals surface area (Å²) in [7, 11) is -3.17. The highest BCUT2D eigenvalue weighted by molar-refractivity contribution is 6.27. The summed E-state index contributed by atoms with van der Waals surface area (Å²) in [4.78, 5) is 0. The maximum atomic E-state index is 9.89. The number of benzene rings is 6. The van der Waals surface area contributed by atoms with Gasteiger partial charge in [0.15, 0.2) is 23.0 Å². The van der Waals surface area contributed by atoms with E-state index in [2.05, 4.69) is 135 Å². The van der Waals surface area contributed by atoms with E-state index in [1.165, 1.54) is 0 Å². The highest BCUT2D eigenvalue weighted by Crippen LogP contribution is 2.36. The van der Waals surface area contributed by atoms with Gasteiger partial charge in [-0.05, 0) is 123 Å². The average Bonchev–Trinajstić information content (AvgIpc) is 3.38. The quantitative estimate of drug-likeness (QED) is 0.0697. The van der Waals surface area contributed by atoms with Crippen LogP contribution in [0.15, 0.2) is 191 Å². The average molecular weight is 937 g/mol. The molecule has 8 aromatic rings. The summed E-state index contributed by atoms with van der Waals surface area (Å²) in [5.74, 6) is 6.28. The highest BCUT2D eigenvalue weighted by atomic mass is 19.1. The third-order valence-corrected chi connectivity index (χ3v) is 10.7. The first-order valence-electron chi connectivity index (χ1n) is 23.4. The second-order valence-electron chi connectivity index (χ2n) is 15.7. The molecule has 0 fully saturated rings. The lowest BCUT2D eigenvalue weighted by Gasteiger charge is -2.12. The molecule has 0 aliphatic heterocycles. The molecule has 0 unspecified atom stereocenters. The van der Waals surface area contributed by atoms with Crippen LogP contribution in [0, 0.1) is 0 Å². The van der Waals surface area contributed by atoms with Crippen LogP contribution in [0.4, 0.5) is 4.32 Å². The van der Waals surface area contributed by atoms with Gasteiger partial charge in [-0.1, -0.05) is 109 Å². The van der Waals surface area contributed by atoms with E-state index in [9.17, 15) is 4.32 Å². The maximum Gasteiger partial charge on any atom is 0.361 e. The fourth-order valence-corrected chi connectivity index (χ4v) is 7.46. The molecule has 0 bridgehead atoms. The van der Waals surface area contributed by atoms with E-state index >= 15 is 0 Å². The summed E-state index contributed by atoms with van der Waals surface area (Å²) in [6, 6.07) is 61.6. The van der Waals surface area contributed by atoms with E-state index in [1.54, 1.807) is 0 Å². The van der Waals surface area contributed by atoms with Crippen molar-refractivity contribution < 1.29 is 42.1 Å². The molecule has 0 atom stereocenters. The van der Waals surface area contributed by atoms with Gasteiger partial charge in [0.1, 0.15) is 7.40 Å². The van der Waals surface area contributed by atoms with Gasteiger partial charge in [-0.2, -0.15) is 0 Å². The molecule has 356 valence electrons. The van der Waals surface area contributed by atoms with Gasteiger partial charge in [-0.25, -0.2) is 8.83 Å². The SMILES string of the molecule is CCOc1ccc(/C(C)=C/c2cc(-c3ccccc3)cc(-c3ccccc3)[o+]2)cc1OCC.CCOc1ccc(/C(C)=C/c2cc(-c3ccccc3)cc(-c3ccccc3)[o+]2)cc1OCC.[O-]B([O-])F. The van der Waals surface area contributed by atoms with Gasteiger partial charge >= 0.3 is 23.0 Å². The standard InChI is InChI=1S/2C30H29O3.BFO2/c2*1-4-31-28-17-16-25(20-30(28)32-5-2)22(3)18-27-19-26(23-12-8-6-9-13-23)21-29(33-27)24-14-10-7-11-15-24;2-1(3)4/h2*6-21H,4-5H2,1-3H3;/q2*+1;-2/b2*22-18+;. The summed E-state index contributed by atoms with van der Waals surface area (Å²) < 4.78 is 45.6. The van der Waals surface area contributed by atoms with Crippen LogP contribution in [0.2, 0.25) is 0 Å². The number of hydrogen-bond acceptors (Lipinski definition) is 6. The Morgan fingerprint density at radius 2 is 0.714 bits per heavy atom. The molecule has 0 radical (unpaired) electrons. The van der Waals surface area contributed by atoms with Crippen molar-refractivity contribution >= 4 is 30.7 Å². The summed E-state index contributed by atoms with van der Waals surface area (Å²) in [5.41, 5.74) is 10.9. The smallest absolute Gasteiger partial charge is 0.361 e. The van der Waals surface area contributed by atoms with E-state index in [0.29, 0.717) is 26.4 Å². The Kier molecular flexibility index (Phi) is 19.7. The zero-order valence-electron chi connectivity index (χ0n) is 40.5. The van der Waals surface area contributed by atoms with Crippen molar-refractivity contribution in [2.75, 3.05) is 26.4 Å². The minimum absolute atomic E-state index is 0.585. The minimum atomic E-state index is -3.17. The first kappa shape index (κ1) is 51.6. The van der Waals surface area contributed by atoms with Crippen LogP contribution in [-0.4, -0.2) is 33.8 Å². The fourth-order valence-electron chi connectivity index (χ4n) is 7.46. The van der Waals surface area contributed by atoms with E-state index in [-0.39, 0.29) is 0 Å². The maximum absolute atomic E-state index is 9.89. The number of hydrogen-bond donors (Lipinski definition) is 0. The monoisotopic (exact) mass is 936 g/mol. The van der Waals surface area contributed by atoms with Crippen LogP contribution in [-0.2, 0) is 0 Å². The molecule has 0 spiro atoms. The third kappa shape index (κ3) is 15.1. The van der Waals surface area contributed by atoms with Crippen molar-refractivity contribution in [3.8, 4) is 67.9 Å². The predicted octanol–water partition coefficient (Wildman–Crippen LogP) is 14.2. The Morgan fingerprint density at radius 1 is 0.414 bits per heavy atom. The van der Waals surface area contributed by atoms with Crippen LogP contribution in [0.5, 0.6) is 23.0 Å². The second kappa shape index (κ2) is 26.7. The lowest BCUT2D eigenvalue weighted by molar-refractivity contribution is -0.366. The topological polar surface area (TPSA) is 106 Å². The molecule has 2 heterocycles. The summed E-state index contributed by atoms with van der Waals surface area (Å²) in [6.45, 7) is 14.4. The summed E-state index contributed by atoms with van der Waals surface area (Å²) in [5, 5.41) is 16.6. The number of allylic oxidation sites excluding steroid dienone is 2. The number of ether oxygens (including phenoxy) is 4. The Morgan fingerprint density at radius 3 is 1.03 bits per heavy atom. The molecular formula is C60H58BFO8. The summed E-state index contributed by atoms with van der Waals surface area (Å²) in [6.07, 6.45) is 4.15. The van der Waals surface area contributed by atoms with Crippen molar-refractivity contribution in [2.45, 2.75) is 41.5 Å². The van der Waals surface area contributed by atoms with Crippen LogP contribution >= 0.6 is 0 Å². The van der Waals surface area contributed by atoms with Gasteiger partial charge in [0.25, 0.3) is 0 Å². The molecule has 70 heavy (non-hydrogen) atoms. The Balaban J connectivity index is 0.000000213. The minimum Gasteiger partial charge on any atom is -0.867 e. The zero-order valence-corrected chi connectivity index (χ0v) is 40.5. The van der Waals surface area contributed by atoms with Crippen molar-refractivity contribution in [3.05, 3.63) is 205 Å². The third-order valence-electron chi connectivity index (χ3n) is 10.7. The van der Waals surface area contributed by atoms with Crippen LogP contribution in [0.1, 0.15) is 64.2 Å². The van der Waals surface area contributed by atoms with Gasteiger partial charge in [0.05, 0.1) is 61.8 Å². The Hall–Kier alpha value is -7.79. The van der Waals surface area contributed by atoms with Gasteiger partial charge in [-0.3, -0.25) is 0 Å². The van der Waals surface area contributed by atoms with Crippen LogP contribution < -0.4 is 29.0 Å². The normalized spacial score (nSPS) is 11.0. The van der Waals surface area contributed by atoms with Crippen molar-refractivity contribution in [2.24, 2.45) is 0 Å². The molecule has 0 saturated heterocycles. The molecule has 2 aromatic heterocycles. The van der Waals surface area contributed by atoms with Gasteiger partial charge in [0, 0.05) is 23.3 Å². The number of rotatable bonds is 16. The van der Waals surface area contributed by atoms with Crippen LogP contribution in [0.3, 0.4) is 0 Å². The first-order valence-corrected chi connectivity index (χ1v) is 23.4. The summed E-state index contributed by atoms with van der Waals surface area (Å²) >= 11 is 0. The Labute approximate surface area is 411 Å². The largest absolute Gasteiger partial charge is 0.867 e. The molecule has 8 nitrogen and oxygen atoms in total. The van der Waals surface area contributed by atoms with Gasteiger partial charge in [0.2, 0.25) is 0 Å². The van der Waals surface area contributed by atoms with E-state index in [0.717, 1.165) is 102 Å². The highest BCUT2D eigenvalue weighted by Gasteiger charge is 2.20. The molecule has 0 N–H and O–H groups in total. The fraction of sp³-hybridized carbons (Fsp3) is 0.167. The van der Waals surface area contributed by atoms with Gasteiger partial charge < -0.3 is 33.3 Å². The molecule has 0 amide bonds. The Bertz CT molecular complexity index is 2610. The second-order valence-corrected chi connectivity index (χ2v) is 15.7. The van der Waals surface area contributed by atoms with Crippen molar-refractivity contribution in [1.29, 1.82) is 0 Å². The lowest BCUT2D eigenvalue weighted by Crippen LogP contribution is -2.39. The molecule has 0 saturated carbocycles. The molecule has 8 rings (SSSR count). The van der Waals surface area contributed by atoms with E-state index in [1.807, 2.05) is 100 Å². The van der Waals surface area contributed by atoms with Gasteiger partial charge in [-0.15, -0.1) is 0 Å². The number of halogens is 1. The lowest BCUT2D eigenvalue weighted by atomic mass is 10.0.